The molecule has 19 heavy (non-hydrogen) atoms. The van der Waals surface area contributed by atoms with E-state index < -0.39 is 11.9 Å². The third-order valence-corrected chi connectivity index (χ3v) is 3.44. The van der Waals surface area contributed by atoms with Gasteiger partial charge in [0.25, 0.3) is 5.91 Å². The molecule has 0 aliphatic carbocycles. The summed E-state index contributed by atoms with van der Waals surface area (Å²) >= 11 is 0. The molecule has 0 unspecified atom stereocenters. The van der Waals surface area contributed by atoms with Gasteiger partial charge < -0.3 is 15.1 Å². The lowest BCUT2D eigenvalue weighted by Gasteiger charge is -2.30. The maximum Gasteiger partial charge on any atom is 0.308 e. The fourth-order valence-corrected chi connectivity index (χ4v) is 2.30. The zero-order valence-electron chi connectivity index (χ0n) is 10.6. The summed E-state index contributed by atoms with van der Waals surface area (Å²) in [6.45, 7) is 0.819. The Hall–Kier alpha value is -1.88. The molecule has 1 saturated heterocycles. The Morgan fingerprint density at radius 2 is 1.95 bits per heavy atom. The van der Waals surface area contributed by atoms with Gasteiger partial charge in [-0.15, -0.1) is 0 Å². The number of aliphatic hydroxyl groups is 1. The Balaban J connectivity index is 2.07. The molecule has 2 rings (SSSR count). The van der Waals surface area contributed by atoms with Crippen molar-refractivity contribution in [2.24, 2.45) is 5.92 Å². The minimum Gasteiger partial charge on any atom is -0.481 e. The Morgan fingerprint density at radius 1 is 1.26 bits per heavy atom. The number of carbonyl (C=O) groups is 2. The van der Waals surface area contributed by atoms with Gasteiger partial charge in [0.2, 0.25) is 0 Å². The largest absolute Gasteiger partial charge is 0.481 e. The number of piperidine rings is 1. The van der Waals surface area contributed by atoms with Gasteiger partial charge in [-0.2, -0.15) is 0 Å². The maximum atomic E-state index is 12.2. The van der Waals surface area contributed by atoms with E-state index in [1.165, 1.54) is 0 Å². The third-order valence-electron chi connectivity index (χ3n) is 3.44. The third kappa shape index (κ3) is 3.12. The fourth-order valence-electron chi connectivity index (χ4n) is 2.30. The zero-order chi connectivity index (χ0) is 13.8. The number of likely N-dealkylation sites (tertiary alicyclic amines) is 1. The van der Waals surface area contributed by atoms with Crippen molar-refractivity contribution in [2.45, 2.75) is 19.4 Å². The number of hydrogen-bond acceptors (Lipinski definition) is 3. The van der Waals surface area contributed by atoms with Gasteiger partial charge in [-0.3, -0.25) is 9.59 Å². The normalized spacial score (nSPS) is 19.2. The highest BCUT2D eigenvalue weighted by Gasteiger charge is 2.28. The van der Waals surface area contributed by atoms with Gasteiger partial charge in [0.1, 0.15) is 0 Å². The summed E-state index contributed by atoms with van der Waals surface area (Å²) in [5, 5.41) is 18.0. The number of amides is 1. The van der Waals surface area contributed by atoms with Crippen LogP contribution in [0.1, 0.15) is 28.8 Å². The van der Waals surface area contributed by atoms with Gasteiger partial charge in [0.15, 0.2) is 0 Å². The molecule has 1 heterocycles. The van der Waals surface area contributed by atoms with Crippen molar-refractivity contribution in [3.05, 3.63) is 35.4 Å². The molecule has 0 spiro atoms. The topological polar surface area (TPSA) is 77.8 Å². The predicted octanol–water partition coefficient (Wildman–Crippen LogP) is 1.12. The summed E-state index contributed by atoms with van der Waals surface area (Å²) < 4.78 is 0. The molecule has 1 aromatic rings. The Labute approximate surface area is 111 Å². The lowest BCUT2D eigenvalue weighted by Crippen LogP contribution is -2.42. The number of carboxylic acids is 1. The summed E-state index contributed by atoms with van der Waals surface area (Å²) in [5.74, 6) is -1.45. The summed E-state index contributed by atoms with van der Waals surface area (Å²) in [5.41, 5.74) is 1.28. The summed E-state index contributed by atoms with van der Waals surface area (Å²) in [6.07, 6.45) is 1.35. The second-order valence-electron chi connectivity index (χ2n) is 4.78. The first-order chi connectivity index (χ1) is 9.11. The number of aliphatic carboxylic acids is 1. The molecule has 2 N–H and O–H groups in total. The Kier molecular flexibility index (Phi) is 4.16. The van der Waals surface area contributed by atoms with E-state index in [4.69, 9.17) is 10.2 Å². The molecule has 1 aliphatic rings. The smallest absolute Gasteiger partial charge is 0.308 e. The van der Waals surface area contributed by atoms with Crippen LogP contribution in [0.4, 0.5) is 0 Å². The average Bonchev–Trinajstić information content (AvgIpc) is 2.46. The van der Waals surface area contributed by atoms with Crippen LogP contribution >= 0.6 is 0 Å². The quantitative estimate of drug-likeness (QED) is 0.856. The molecular weight excluding hydrogens is 246 g/mol. The van der Waals surface area contributed by atoms with E-state index in [1.54, 1.807) is 29.2 Å². The van der Waals surface area contributed by atoms with Crippen molar-refractivity contribution in [3.63, 3.8) is 0 Å². The van der Waals surface area contributed by atoms with Crippen LogP contribution < -0.4 is 0 Å². The van der Waals surface area contributed by atoms with Crippen molar-refractivity contribution in [2.75, 3.05) is 13.1 Å². The zero-order valence-corrected chi connectivity index (χ0v) is 10.6. The lowest BCUT2D eigenvalue weighted by atomic mass is 9.97. The molecule has 0 radical (unpaired) electrons. The summed E-state index contributed by atoms with van der Waals surface area (Å²) in [7, 11) is 0. The molecule has 1 aliphatic heterocycles. The second-order valence-corrected chi connectivity index (χ2v) is 4.78. The number of rotatable bonds is 3. The molecule has 5 nitrogen and oxygen atoms in total. The maximum absolute atomic E-state index is 12.2. The first-order valence-electron chi connectivity index (χ1n) is 6.33. The Morgan fingerprint density at radius 3 is 2.53 bits per heavy atom. The monoisotopic (exact) mass is 263 g/mol. The van der Waals surface area contributed by atoms with Crippen LogP contribution in [0.3, 0.4) is 0 Å². The molecule has 0 aromatic heterocycles. The summed E-state index contributed by atoms with van der Waals surface area (Å²) in [4.78, 5) is 24.8. The van der Waals surface area contributed by atoms with Gasteiger partial charge in [-0.25, -0.2) is 0 Å². The van der Waals surface area contributed by atoms with Crippen LogP contribution in [0.25, 0.3) is 0 Å². The lowest BCUT2D eigenvalue weighted by molar-refractivity contribution is -0.143. The van der Waals surface area contributed by atoms with E-state index in [2.05, 4.69) is 0 Å². The van der Waals surface area contributed by atoms with Crippen molar-refractivity contribution in [1.82, 2.24) is 4.90 Å². The van der Waals surface area contributed by atoms with Crippen LogP contribution in [0.2, 0.25) is 0 Å². The first-order valence-corrected chi connectivity index (χ1v) is 6.33. The SMILES string of the molecule is O=C(O)[C@@H]1CCCN(C(=O)c2ccc(CO)cc2)C1. The molecule has 1 atom stereocenters. The number of carbonyl (C=O) groups excluding carboxylic acids is 1. The van der Waals surface area contributed by atoms with E-state index in [-0.39, 0.29) is 19.1 Å². The molecular formula is C14H17NO4. The predicted molar refractivity (Wildman–Crippen MR) is 68.6 cm³/mol. The van der Waals surface area contributed by atoms with Crippen LogP contribution in [-0.4, -0.2) is 40.1 Å². The summed E-state index contributed by atoms with van der Waals surface area (Å²) in [6, 6.07) is 6.73. The van der Waals surface area contributed by atoms with Crippen LogP contribution in [-0.2, 0) is 11.4 Å². The highest BCUT2D eigenvalue weighted by atomic mass is 16.4. The van der Waals surface area contributed by atoms with Gasteiger partial charge in [0.05, 0.1) is 12.5 Å². The van der Waals surface area contributed by atoms with E-state index in [0.717, 1.165) is 12.0 Å². The van der Waals surface area contributed by atoms with E-state index >= 15 is 0 Å². The van der Waals surface area contributed by atoms with Gasteiger partial charge in [-0.05, 0) is 30.5 Å². The van der Waals surface area contributed by atoms with Crippen LogP contribution in [0, 0.1) is 5.92 Å². The average molecular weight is 263 g/mol. The van der Waals surface area contributed by atoms with Crippen molar-refractivity contribution < 1.29 is 19.8 Å². The van der Waals surface area contributed by atoms with Gasteiger partial charge in [-0.1, -0.05) is 12.1 Å². The molecule has 5 heteroatoms. The highest BCUT2D eigenvalue weighted by molar-refractivity contribution is 5.94. The highest BCUT2D eigenvalue weighted by Crippen LogP contribution is 2.19. The number of hydrogen-bond donors (Lipinski definition) is 2. The molecule has 1 aromatic carbocycles. The second kappa shape index (κ2) is 5.84. The van der Waals surface area contributed by atoms with Crippen LogP contribution in [0.15, 0.2) is 24.3 Å². The molecule has 0 saturated carbocycles. The first kappa shape index (κ1) is 13.5. The number of nitrogens with zero attached hydrogens (tertiary/aromatic N) is 1. The van der Waals surface area contributed by atoms with Crippen molar-refractivity contribution in [3.8, 4) is 0 Å². The minimum atomic E-state index is -0.840. The van der Waals surface area contributed by atoms with E-state index in [1.807, 2.05) is 0 Å². The number of benzene rings is 1. The Bertz CT molecular complexity index is 469. The van der Waals surface area contributed by atoms with E-state index in [0.29, 0.717) is 18.5 Å². The van der Waals surface area contributed by atoms with Gasteiger partial charge in [0, 0.05) is 18.7 Å². The molecule has 102 valence electrons. The standard InChI is InChI=1S/C14H17NO4/c16-9-10-3-5-11(6-4-10)13(17)15-7-1-2-12(8-15)14(18)19/h3-6,12,16H,1-2,7-9H2,(H,18,19)/t12-/m1/s1. The molecule has 1 fully saturated rings. The van der Waals surface area contributed by atoms with Crippen molar-refractivity contribution >= 4 is 11.9 Å². The fraction of sp³-hybridized carbons (Fsp3) is 0.429. The number of carboxylic acid groups (broad SMARTS) is 1. The van der Waals surface area contributed by atoms with Crippen molar-refractivity contribution in [1.29, 1.82) is 0 Å². The minimum absolute atomic E-state index is 0.0563. The van der Waals surface area contributed by atoms with Crippen LogP contribution in [0.5, 0.6) is 0 Å². The van der Waals surface area contributed by atoms with E-state index in [9.17, 15) is 9.59 Å². The van der Waals surface area contributed by atoms with Gasteiger partial charge >= 0.3 is 5.97 Å². The number of aliphatic hydroxyl groups excluding tert-OH is 1. The molecule has 0 bridgehead atoms. The molecule has 1 amide bonds.